The predicted octanol–water partition coefficient (Wildman–Crippen LogP) is 2.33. The lowest BCUT2D eigenvalue weighted by atomic mass is 10.0. The molecule has 2 aromatic rings. The minimum absolute atomic E-state index is 0.180. The number of aliphatic carboxylic acids is 1. The number of benzene rings is 1. The number of carboxylic acids is 1. The highest BCUT2D eigenvalue weighted by Crippen LogP contribution is 2.18. The summed E-state index contributed by atoms with van der Waals surface area (Å²) in [5, 5.41) is 12.0. The van der Waals surface area contributed by atoms with Crippen LogP contribution in [0.1, 0.15) is 20.8 Å². The number of hydrogen-bond donors (Lipinski definition) is 2. The molecule has 2 rings (SSSR count). The summed E-state index contributed by atoms with van der Waals surface area (Å²) in [5.74, 6) is -1.31. The molecule has 1 aromatic carbocycles. The Labute approximate surface area is 113 Å². The molecule has 0 saturated heterocycles. The number of carbonyl (C=O) groups is 2. The number of carbonyl (C=O) groups excluding carboxylic acids is 1. The van der Waals surface area contributed by atoms with Crippen LogP contribution in [0.25, 0.3) is 0 Å². The molecule has 0 bridgehead atoms. The summed E-state index contributed by atoms with van der Waals surface area (Å²) < 4.78 is 0. The van der Waals surface area contributed by atoms with E-state index in [9.17, 15) is 9.59 Å². The van der Waals surface area contributed by atoms with E-state index in [1.807, 2.05) is 6.92 Å². The first kappa shape index (κ1) is 13.2. The third-order valence-corrected chi connectivity index (χ3v) is 3.27. The predicted molar refractivity (Wildman–Crippen MR) is 72.6 cm³/mol. The number of rotatable bonds is 4. The van der Waals surface area contributed by atoms with Crippen molar-refractivity contribution in [3.05, 3.63) is 46.5 Å². The van der Waals surface area contributed by atoms with E-state index in [4.69, 9.17) is 5.11 Å². The molecule has 0 aliphatic carbocycles. The maximum Gasteiger partial charge on any atom is 0.307 e. The fourth-order valence-electron chi connectivity index (χ4n) is 1.64. The van der Waals surface area contributed by atoms with Crippen LogP contribution in [0.3, 0.4) is 0 Å². The molecule has 19 heavy (non-hydrogen) atoms. The van der Waals surface area contributed by atoms with Crippen LogP contribution in [0, 0.1) is 6.92 Å². The number of nitrogens with one attached hydrogen (secondary N) is 1. The van der Waals surface area contributed by atoms with Gasteiger partial charge in [0.2, 0.25) is 0 Å². The topological polar surface area (TPSA) is 79.3 Å². The maximum atomic E-state index is 12.1. The van der Waals surface area contributed by atoms with Crippen molar-refractivity contribution in [3.8, 4) is 0 Å². The van der Waals surface area contributed by atoms with Crippen molar-refractivity contribution in [2.45, 2.75) is 13.3 Å². The van der Waals surface area contributed by atoms with Crippen LogP contribution < -0.4 is 5.32 Å². The summed E-state index contributed by atoms with van der Waals surface area (Å²) >= 11 is 1.37. The SMILES string of the molecule is Cc1cnc(NC(=O)c2ccccc2CC(=O)O)s1. The van der Waals surface area contributed by atoms with Gasteiger partial charge in [0.1, 0.15) is 0 Å². The van der Waals surface area contributed by atoms with Crippen LogP contribution in [0.15, 0.2) is 30.5 Å². The number of aryl methyl sites for hydroxylation is 1. The van der Waals surface area contributed by atoms with Gasteiger partial charge in [-0.15, -0.1) is 11.3 Å². The summed E-state index contributed by atoms with van der Waals surface area (Å²) in [4.78, 5) is 27.9. The van der Waals surface area contributed by atoms with Crippen molar-refractivity contribution in [3.63, 3.8) is 0 Å². The van der Waals surface area contributed by atoms with Crippen LogP contribution in [0.4, 0.5) is 5.13 Å². The Morgan fingerprint density at radius 1 is 1.37 bits per heavy atom. The normalized spacial score (nSPS) is 10.2. The lowest BCUT2D eigenvalue weighted by Crippen LogP contribution is -2.15. The fraction of sp³-hybridized carbons (Fsp3) is 0.154. The Kier molecular flexibility index (Phi) is 3.91. The molecular weight excluding hydrogens is 264 g/mol. The van der Waals surface area contributed by atoms with Gasteiger partial charge in [-0.1, -0.05) is 18.2 Å². The Hall–Kier alpha value is -2.21. The van der Waals surface area contributed by atoms with E-state index in [0.717, 1.165) is 4.88 Å². The lowest BCUT2D eigenvalue weighted by Gasteiger charge is -2.06. The second kappa shape index (κ2) is 5.62. The van der Waals surface area contributed by atoms with Crippen LogP contribution in [0.2, 0.25) is 0 Å². The zero-order chi connectivity index (χ0) is 13.8. The van der Waals surface area contributed by atoms with Crippen molar-refractivity contribution in [2.24, 2.45) is 0 Å². The van der Waals surface area contributed by atoms with E-state index in [1.165, 1.54) is 11.3 Å². The zero-order valence-electron chi connectivity index (χ0n) is 10.2. The average Bonchev–Trinajstić information content (AvgIpc) is 2.74. The van der Waals surface area contributed by atoms with Crippen LogP contribution in [-0.2, 0) is 11.2 Å². The van der Waals surface area contributed by atoms with Gasteiger partial charge in [0, 0.05) is 16.6 Å². The average molecular weight is 276 g/mol. The molecule has 5 nitrogen and oxygen atoms in total. The molecule has 0 spiro atoms. The van der Waals surface area contributed by atoms with Gasteiger partial charge in [-0.05, 0) is 18.6 Å². The van der Waals surface area contributed by atoms with Gasteiger partial charge in [-0.25, -0.2) is 4.98 Å². The second-order valence-electron chi connectivity index (χ2n) is 3.96. The van der Waals surface area contributed by atoms with Gasteiger partial charge >= 0.3 is 5.97 Å². The molecule has 1 aromatic heterocycles. The van der Waals surface area contributed by atoms with Gasteiger partial charge in [-0.3, -0.25) is 14.9 Å². The van der Waals surface area contributed by atoms with Gasteiger partial charge in [0.15, 0.2) is 5.13 Å². The third kappa shape index (κ3) is 3.38. The highest BCUT2D eigenvalue weighted by molar-refractivity contribution is 7.15. The van der Waals surface area contributed by atoms with Gasteiger partial charge in [0.05, 0.1) is 6.42 Å². The molecular formula is C13H12N2O3S. The standard InChI is InChI=1S/C13H12N2O3S/c1-8-7-14-13(19-8)15-12(18)10-5-3-2-4-9(10)6-11(16)17/h2-5,7H,6H2,1H3,(H,16,17)(H,14,15,18). The summed E-state index contributed by atoms with van der Waals surface area (Å²) in [6, 6.07) is 6.65. The van der Waals surface area contributed by atoms with E-state index in [2.05, 4.69) is 10.3 Å². The molecule has 0 fully saturated rings. The van der Waals surface area contributed by atoms with Crippen molar-refractivity contribution >= 4 is 28.3 Å². The molecule has 1 heterocycles. The molecule has 0 aliphatic rings. The molecule has 98 valence electrons. The van der Waals surface area contributed by atoms with Crippen LogP contribution in [0.5, 0.6) is 0 Å². The van der Waals surface area contributed by atoms with Crippen molar-refractivity contribution in [1.82, 2.24) is 4.98 Å². The Bertz CT molecular complexity index is 622. The first-order valence-corrected chi connectivity index (χ1v) is 6.41. The zero-order valence-corrected chi connectivity index (χ0v) is 11.0. The molecule has 2 N–H and O–H groups in total. The Morgan fingerprint density at radius 2 is 2.11 bits per heavy atom. The van der Waals surface area contributed by atoms with E-state index < -0.39 is 5.97 Å². The molecule has 0 atom stereocenters. The monoisotopic (exact) mass is 276 g/mol. The largest absolute Gasteiger partial charge is 0.481 e. The van der Waals surface area contributed by atoms with E-state index in [-0.39, 0.29) is 12.3 Å². The fourth-order valence-corrected chi connectivity index (χ4v) is 2.30. The Balaban J connectivity index is 2.21. The number of nitrogens with zero attached hydrogens (tertiary/aromatic N) is 1. The third-order valence-electron chi connectivity index (χ3n) is 2.45. The molecule has 0 radical (unpaired) electrons. The molecule has 0 unspecified atom stereocenters. The first-order valence-electron chi connectivity index (χ1n) is 5.60. The minimum Gasteiger partial charge on any atom is -0.481 e. The van der Waals surface area contributed by atoms with Crippen molar-refractivity contribution in [2.75, 3.05) is 5.32 Å². The number of amides is 1. The summed E-state index contributed by atoms with van der Waals surface area (Å²) in [6.07, 6.45) is 1.49. The molecule has 1 amide bonds. The van der Waals surface area contributed by atoms with Gasteiger partial charge in [-0.2, -0.15) is 0 Å². The molecule has 0 saturated carbocycles. The highest BCUT2D eigenvalue weighted by atomic mass is 32.1. The molecule has 6 heteroatoms. The molecule has 0 aliphatic heterocycles. The summed E-state index contributed by atoms with van der Waals surface area (Å²) in [7, 11) is 0. The highest BCUT2D eigenvalue weighted by Gasteiger charge is 2.14. The van der Waals surface area contributed by atoms with E-state index in [1.54, 1.807) is 30.5 Å². The summed E-state index contributed by atoms with van der Waals surface area (Å²) in [5.41, 5.74) is 0.846. The van der Waals surface area contributed by atoms with Crippen molar-refractivity contribution < 1.29 is 14.7 Å². The number of anilines is 1. The van der Waals surface area contributed by atoms with Crippen molar-refractivity contribution in [1.29, 1.82) is 0 Å². The second-order valence-corrected chi connectivity index (χ2v) is 5.19. The Morgan fingerprint density at radius 3 is 2.74 bits per heavy atom. The minimum atomic E-state index is -0.967. The first-order chi connectivity index (χ1) is 9.06. The van der Waals surface area contributed by atoms with Gasteiger partial charge < -0.3 is 5.11 Å². The number of thiazole rings is 1. The van der Waals surface area contributed by atoms with E-state index in [0.29, 0.717) is 16.3 Å². The smallest absolute Gasteiger partial charge is 0.307 e. The van der Waals surface area contributed by atoms with E-state index >= 15 is 0 Å². The number of hydrogen-bond acceptors (Lipinski definition) is 4. The lowest BCUT2D eigenvalue weighted by molar-refractivity contribution is -0.136. The quantitative estimate of drug-likeness (QED) is 0.898. The number of carboxylic acid groups (broad SMARTS) is 1. The van der Waals surface area contributed by atoms with Gasteiger partial charge in [0.25, 0.3) is 5.91 Å². The maximum absolute atomic E-state index is 12.1. The van der Waals surface area contributed by atoms with Crippen LogP contribution >= 0.6 is 11.3 Å². The van der Waals surface area contributed by atoms with Crippen LogP contribution in [-0.4, -0.2) is 22.0 Å². The summed E-state index contributed by atoms with van der Waals surface area (Å²) in [6.45, 7) is 1.89. The number of aromatic nitrogens is 1.